The van der Waals surface area contributed by atoms with E-state index in [4.69, 9.17) is 19.4 Å². The Morgan fingerprint density at radius 3 is 2.39 bits per heavy atom. The van der Waals surface area contributed by atoms with Crippen LogP contribution in [0.4, 0.5) is 32.2 Å². The molecule has 10 nitrogen and oxygen atoms in total. The van der Waals surface area contributed by atoms with E-state index in [0.717, 1.165) is 43.0 Å². The van der Waals surface area contributed by atoms with Gasteiger partial charge in [0.1, 0.15) is 11.6 Å². The molecular formula is C28H30F6N4O6. The van der Waals surface area contributed by atoms with Crippen molar-refractivity contribution in [3.8, 4) is 11.6 Å². The summed E-state index contributed by atoms with van der Waals surface area (Å²) in [6.07, 6.45) is -7.25. The van der Waals surface area contributed by atoms with E-state index >= 15 is 0 Å². The van der Waals surface area contributed by atoms with Crippen molar-refractivity contribution in [2.75, 3.05) is 25.6 Å². The van der Waals surface area contributed by atoms with E-state index in [1.165, 1.54) is 23.4 Å². The third kappa shape index (κ3) is 9.50. The van der Waals surface area contributed by atoms with Gasteiger partial charge in [-0.25, -0.2) is 14.5 Å². The number of hydrogen-bond acceptors (Lipinski definition) is 7. The van der Waals surface area contributed by atoms with Crippen LogP contribution in [-0.2, 0) is 42.1 Å². The molecule has 3 N–H and O–H groups in total. The largest absolute Gasteiger partial charge is 0.496 e. The average molecular weight is 633 g/mol. The van der Waals surface area contributed by atoms with Crippen LogP contribution in [0, 0.1) is 0 Å². The number of anilines is 1. The number of benzene rings is 1. The molecule has 1 aliphatic rings. The van der Waals surface area contributed by atoms with Crippen molar-refractivity contribution in [3.05, 3.63) is 64.5 Å². The molecule has 1 aliphatic heterocycles. The molecule has 44 heavy (non-hydrogen) atoms. The molecule has 1 unspecified atom stereocenters. The fraction of sp³-hybridized carbons (Fsp3) is 0.429. The van der Waals surface area contributed by atoms with Crippen LogP contribution < -0.4 is 14.8 Å². The van der Waals surface area contributed by atoms with Gasteiger partial charge in [-0.05, 0) is 54.7 Å². The topological polar surface area (TPSA) is 136 Å². The molecule has 0 bridgehead atoms. The number of carboxylic acid groups (broad SMARTS) is 2. The van der Waals surface area contributed by atoms with Gasteiger partial charge in [-0.1, -0.05) is 6.07 Å². The Morgan fingerprint density at radius 1 is 1.07 bits per heavy atom. The summed E-state index contributed by atoms with van der Waals surface area (Å²) in [5.41, 5.74) is 1.91. The fourth-order valence-corrected chi connectivity index (χ4v) is 4.49. The molecule has 4 rings (SSSR count). The number of aliphatic carboxylic acids is 2. The van der Waals surface area contributed by atoms with Gasteiger partial charge in [0.25, 0.3) is 0 Å². The zero-order valence-electron chi connectivity index (χ0n) is 23.6. The highest BCUT2D eigenvalue weighted by molar-refractivity contribution is 5.73. The first-order valence-corrected chi connectivity index (χ1v) is 13.2. The average Bonchev–Trinajstić information content (AvgIpc) is 3.29. The number of rotatable bonds is 10. The highest BCUT2D eigenvalue weighted by atomic mass is 19.4. The normalized spacial score (nSPS) is 13.5. The molecule has 1 atom stereocenters. The van der Waals surface area contributed by atoms with E-state index in [2.05, 4.69) is 21.5 Å². The number of alkyl halides is 6. The molecule has 0 fully saturated rings. The van der Waals surface area contributed by atoms with Gasteiger partial charge in [0.15, 0.2) is 0 Å². The molecular weight excluding hydrogens is 602 g/mol. The number of aryl methyl sites for hydroxylation is 2. The number of carboxylic acids is 2. The van der Waals surface area contributed by atoms with Crippen molar-refractivity contribution >= 4 is 17.8 Å². The number of pyridine rings is 1. The standard InChI is InChI=1S/C26H29F3N4O4.C2HF3O2/c1-33-23(37-11-9-19-7-5-16-4-3-10-30-25(16)31-19)15-20(32-33)12-17(13-24(34)35)21-14-18(26(27,28)29)6-8-22(21)36-2;3-2(4,5)1(6)7/h5-8,14-15,17H,3-4,9-13H2,1-2H3,(H,30,31)(H,34,35);(H,6,7). The number of nitrogens with one attached hydrogen (secondary N) is 1. The van der Waals surface area contributed by atoms with E-state index in [1.807, 2.05) is 6.07 Å². The molecule has 0 saturated carbocycles. The first-order chi connectivity index (χ1) is 20.6. The monoisotopic (exact) mass is 632 g/mol. The molecule has 1 aromatic carbocycles. The van der Waals surface area contributed by atoms with E-state index in [0.29, 0.717) is 24.6 Å². The summed E-state index contributed by atoms with van der Waals surface area (Å²) in [4.78, 5) is 25.1. The predicted molar refractivity (Wildman–Crippen MR) is 144 cm³/mol. The minimum Gasteiger partial charge on any atom is -0.496 e. The van der Waals surface area contributed by atoms with Crippen LogP contribution in [0.25, 0.3) is 0 Å². The smallest absolute Gasteiger partial charge is 0.490 e. The maximum Gasteiger partial charge on any atom is 0.490 e. The third-order valence-corrected chi connectivity index (χ3v) is 6.56. The SMILES string of the molecule is COc1ccc(C(F)(F)F)cc1C(CC(=O)O)Cc1cc(OCCc2ccc3c(n2)NCCC3)n(C)n1.O=C(O)C(F)(F)F. The van der Waals surface area contributed by atoms with Crippen LogP contribution in [0.5, 0.6) is 11.6 Å². The van der Waals surface area contributed by atoms with Crippen molar-refractivity contribution in [2.24, 2.45) is 7.05 Å². The maximum atomic E-state index is 13.3. The van der Waals surface area contributed by atoms with Crippen molar-refractivity contribution in [1.82, 2.24) is 14.8 Å². The summed E-state index contributed by atoms with van der Waals surface area (Å²) in [5, 5.41) is 24.3. The summed E-state index contributed by atoms with van der Waals surface area (Å²) in [6, 6.07) is 8.83. The number of nitrogens with zero attached hydrogens (tertiary/aromatic N) is 3. The Balaban J connectivity index is 0.000000676. The maximum absolute atomic E-state index is 13.3. The summed E-state index contributed by atoms with van der Waals surface area (Å²) in [6.45, 7) is 1.26. The molecule has 0 aliphatic carbocycles. The second-order valence-corrected chi connectivity index (χ2v) is 9.79. The summed E-state index contributed by atoms with van der Waals surface area (Å²) < 4.78 is 84.4. The number of fused-ring (bicyclic) bond motifs is 1. The Hall–Kier alpha value is -4.50. The lowest BCUT2D eigenvalue weighted by Gasteiger charge is -2.19. The number of aromatic nitrogens is 3. The number of hydrogen-bond donors (Lipinski definition) is 3. The quantitative estimate of drug-likeness (QED) is 0.256. The van der Waals surface area contributed by atoms with Crippen LogP contribution in [0.15, 0.2) is 36.4 Å². The Morgan fingerprint density at radius 2 is 1.77 bits per heavy atom. The van der Waals surface area contributed by atoms with Crippen molar-refractivity contribution in [3.63, 3.8) is 0 Å². The second-order valence-electron chi connectivity index (χ2n) is 9.79. The van der Waals surface area contributed by atoms with Gasteiger partial charge in [0.2, 0.25) is 5.88 Å². The minimum atomic E-state index is -5.08. The van der Waals surface area contributed by atoms with E-state index in [-0.39, 0.29) is 24.2 Å². The Kier molecular flexibility index (Phi) is 11.1. The Bertz CT molecular complexity index is 1460. The summed E-state index contributed by atoms with van der Waals surface area (Å²) >= 11 is 0. The number of methoxy groups -OCH3 is 1. The lowest BCUT2D eigenvalue weighted by Crippen LogP contribution is -2.21. The van der Waals surface area contributed by atoms with Gasteiger partial charge < -0.3 is 25.0 Å². The molecule has 0 radical (unpaired) electrons. The predicted octanol–water partition coefficient (Wildman–Crippen LogP) is 5.26. The van der Waals surface area contributed by atoms with Crippen LogP contribution in [-0.4, -0.2) is 63.4 Å². The van der Waals surface area contributed by atoms with E-state index in [9.17, 15) is 36.2 Å². The van der Waals surface area contributed by atoms with E-state index in [1.54, 1.807) is 13.1 Å². The van der Waals surface area contributed by atoms with Crippen LogP contribution in [0.2, 0.25) is 0 Å². The zero-order chi connectivity index (χ0) is 32.7. The second kappa shape index (κ2) is 14.3. The first-order valence-electron chi connectivity index (χ1n) is 13.2. The molecule has 0 amide bonds. The number of halogens is 6. The number of ether oxygens (including phenoxy) is 2. The molecule has 0 saturated heterocycles. The van der Waals surface area contributed by atoms with Crippen molar-refractivity contribution in [1.29, 1.82) is 0 Å². The zero-order valence-corrected chi connectivity index (χ0v) is 23.6. The van der Waals surface area contributed by atoms with Gasteiger partial charge in [-0.2, -0.15) is 31.4 Å². The fourth-order valence-electron chi connectivity index (χ4n) is 4.49. The van der Waals surface area contributed by atoms with Crippen LogP contribution in [0.3, 0.4) is 0 Å². The van der Waals surface area contributed by atoms with Gasteiger partial charge in [-0.15, -0.1) is 0 Å². The Labute approximate surface area is 247 Å². The molecule has 3 heterocycles. The summed E-state index contributed by atoms with van der Waals surface area (Å²) in [7, 11) is 3.03. The third-order valence-electron chi connectivity index (χ3n) is 6.56. The lowest BCUT2D eigenvalue weighted by molar-refractivity contribution is -0.192. The highest BCUT2D eigenvalue weighted by Gasteiger charge is 2.38. The molecule has 0 spiro atoms. The van der Waals surface area contributed by atoms with Crippen molar-refractivity contribution in [2.45, 2.75) is 50.4 Å². The van der Waals surface area contributed by atoms with Gasteiger partial charge in [0, 0.05) is 37.7 Å². The first kappa shape index (κ1) is 34.0. The van der Waals surface area contributed by atoms with E-state index < -0.39 is 35.8 Å². The van der Waals surface area contributed by atoms with Crippen LogP contribution >= 0.6 is 0 Å². The van der Waals surface area contributed by atoms with Gasteiger partial charge in [0.05, 0.1) is 31.4 Å². The van der Waals surface area contributed by atoms with Crippen LogP contribution in [0.1, 0.15) is 46.8 Å². The van der Waals surface area contributed by atoms with Gasteiger partial charge in [-0.3, -0.25) is 4.79 Å². The molecule has 3 aromatic rings. The molecule has 240 valence electrons. The van der Waals surface area contributed by atoms with Crippen molar-refractivity contribution < 1.29 is 55.6 Å². The van der Waals surface area contributed by atoms with Gasteiger partial charge >= 0.3 is 24.3 Å². The molecule has 2 aromatic heterocycles. The minimum absolute atomic E-state index is 0.0964. The highest BCUT2D eigenvalue weighted by Crippen LogP contribution is 2.38. The summed E-state index contributed by atoms with van der Waals surface area (Å²) in [5.74, 6) is -3.10. The lowest BCUT2D eigenvalue weighted by atomic mass is 9.89. The number of carbonyl (C=O) groups is 2. The molecule has 16 heteroatoms.